The van der Waals surface area contributed by atoms with E-state index in [-0.39, 0.29) is 19.1 Å². The van der Waals surface area contributed by atoms with Gasteiger partial charge in [0, 0.05) is 11.9 Å². The fraction of sp³-hybridized carbons (Fsp3) is 0.188. The third-order valence-corrected chi connectivity index (χ3v) is 3.37. The Morgan fingerprint density at radius 2 is 1.80 bits per heavy atom. The Kier molecular flexibility index (Phi) is 3.29. The van der Waals surface area contributed by atoms with E-state index in [0.29, 0.717) is 11.5 Å². The van der Waals surface area contributed by atoms with E-state index >= 15 is 0 Å². The van der Waals surface area contributed by atoms with Crippen molar-refractivity contribution in [3.8, 4) is 11.5 Å². The Labute approximate surface area is 116 Å². The molecular formula is C16H13O4-. The van der Waals surface area contributed by atoms with Crippen LogP contribution in [0, 0.1) is 0 Å². The van der Waals surface area contributed by atoms with E-state index in [4.69, 9.17) is 9.47 Å². The standard InChI is InChI=1S/C16H14O4/c17-16(18)9-13(11-4-2-1-3-5-11)12-6-7-14-15(8-12)20-10-19-14/h1-8,13H,9-10H2,(H,17,18)/p-1. The van der Waals surface area contributed by atoms with E-state index in [1.54, 1.807) is 0 Å². The molecule has 1 aliphatic heterocycles. The SMILES string of the molecule is O=C([O-])CC(c1ccccc1)c1ccc2c(c1)OCO2. The van der Waals surface area contributed by atoms with Crippen molar-refractivity contribution < 1.29 is 19.4 Å². The molecule has 4 nitrogen and oxygen atoms in total. The quantitative estimate of drug-likeness (QED) is 0.847. The predicted octanol–water partition coefficient (Wildman–Crippen LogP) is 1.69. The third kappa shape index (κ3) is 2.45. The van der Waals surface area contributed by atoms with Crippen LogP contribution < -0.4 is 14.6 Å². The Morgan fingerprint density at radius 3 is 2.55 bits per heavy atom. The molecule has 3 rings (SSSR count). The van der Waals surface area contributed by atoms with Gasteiger partial charge in [-0.1, -0.05) is 36.4 Å². The molecule has 0 aliphatic carbocycles. The maximum absolute atomic E-state index is 11.0. The second-order valence-corrected chi connectivity index (χ2v) is 4.65. The molecule has 102 valence electrons. The van der Waals surface area contributed by atoms with Gasteiger partial charge in [-0.05, 0) is 29.7 Å². The van der Waals surface area contributed by atoms with Gasteiger partial charge in [-0.2, -0.15) is 0 Å². The second kappa shape index (κ2) is 5.25. The van der Waals surface area contributed by atoms with Gasteiger partial charge in [0.2, 0.25) is 6.79 Å². The van der Waals surface area contributed by atoms with Crippen molar-refractivity contribution in [1.82, 2.24) is 0 Å². The molecule has 0 amide bonds. The highest BCUT2D eigenvalue weighted by Gasteiger charge is 2.19. The van der Waals surface area contributed by atoms with Gasteiger partial charge in [-0.15, -0.1) is 0 Å². The molecule has 20 heavy (non-hydrogen) atoms. The van der Waals surface area contributed by atoms with Gasteiger partial charge in [-0.25, -0.2) is 0 Å². The summed E-state index contributed by atoms with van der Waals surface area (Å²) in [4.78, 5) is 11.0. The van der Waals surface area contributed by atoms with Crippen LogP contribution in [0.2, 0.25) is 0 Å². The summed E-state index contributed by atoms with van der Waals surface area (Å²) in [6, 6.07) is 15.0. The zero-order chi connectivity index (χ0) is 13.9. The van der Waals surface area contributed by atoms with Crippen LogP contribution in [0.15, 0.2) is 48.5 Å². The van der Waals surface area contributed by atoms with Crippen molar-refractivity contribution in [2.45, 2.75) is 12.3 Å². The van der Waals surface area contributed by atoms with E-state index in [2.05, 4.69) is 0 Å². The highest BCUT2D eigenvalue weighted by molar-refractivity contribution is 5.67. The lowest BCUT2D eigenvalue weighted by molar-refractivity contribution is -0.305. The fourth-order valence-electron chi connectivity index (χ4n) is 2.41. The Morgan fingerprint density at radius 1 is 1.05 bits per heavy atom. The van der Waals surface area contributed by atoms with Crippen LogP contribution in [0.25, 0.3) is 0 Å². The third-order valence-electron chi connectivity index (χ3n) is 3.37. The summed E-state index contributed by atoms with van der Waals surface area (Å²) in [7, 11) is 0. The number of carbonyl (C=O) groups excluding carboxylic acids is 1. The molecule has 1 aliphatic rings. The van der Waals surface area contributed by atoms with E-state index < -0.39 is 5.97 Å². The molecule has 1 unspecified atom stereocenters. The largest absolute Gasteiger partial charge is 0.550 e. The summed E-state index contributed by atoms with van der Waals surface area (Å²) < 4.78 is 10.6. The summed E-state index contributed by atoms with van der Waals surface area (Å²) in [5.74, 6) is 0.0167. The molecule has 0 N–H and O–H groups in total. The average Bonchev–Trinajstić information content (AvgIpc) is 2.93. The number of benzene rings is 2. The number of carboxylic acids is 1. The lowest BCUT2D eigenvalue weighted by Crippen LogP contribution is -2.24. The topological polar surface area (TPSA) is 58.6 Å². The highest BCUT2D eigenvalue weighted by atomic mass is 16.7. The van der Waals surface area contributed by atoms with Gasteiger partial charge >= 0.3 is 0 Å². The molecule has 0 saturated carbocycles. The van der Waals surface area contributed by atoms with Gasteiger partial charge in [0.1, 0.15) is 0 Å². The molecule has 0 bridgehead atoms. The van der Waals surface area contributed by atoms with Crippen molar-refractivity contribution in [3.63, 3.8) is 0 Å². The first-order valence-corrected chi connectivity index (χ1v) is 6.38. The number of aliphatic carboxylic acids is 1. The van der Waals surface area contributed by atoms with Crippen molar-refractivity contribution in [2.75, 3.05) is 6.79 Å². The van der Waals surface area contributed by atoms with Crippen molar-refractivity contribution >= 4 is 5.97 Å². The molecule has 2 aromatic rings. The van der Waals surface area contributed by atoms with Crippen LogP contribution >= 0.6 is 0 Å². The lowest BCUT2D eigenvalue weighted by Gasteiger charge is -2.19. The van der Waals surface area contributed by atoms with E-state index in [0.717, 1.165) is 11.1 Å². The molecule has 0 saturated heterocycles. The minimum absolute atomic E-state index is 0.0658. The molecule has 0 radical (unpaired) electrons. The first kappa shape index (κ1) is 12.5. The Hall–Kier alpha value is -2.49. The molecule has 1 heterocycles. The fourth-order valence-corrected chi connectivity index (χ4v) is 2.41. The monoisotopic (exact) mass is 269 g/mol. The van der Waals surface area contributed by atoms with Crippen molar-refractivity contribution in [1.29, 1.82) is 0 Å². The summed E-state index contributed by atoms with van der Waals surface area (Å²) >= 11 is 0. The van der Waals surface area contributed by atoms with Crippen molar-refractivity contribution in [3.05, 3.63) is 59.7 Å². The lowest BCUT2D eigenvalue weighted by atomic mass is 9.88. The number of fused-ring (bicyclic) bond motifs is 1. The Bertz CT molecular complexity index is 622. The van der Waals surface area contributed by atoms with Gasteiger partial charge in [0.15, 0.2) is 11.5 Å². The number of hydrogen-bond donors (Lipinski definition) is 0. The zero-order valence-corrected chi connectivity index (χ0v) is 10.7. The molecule has 0 aromatic heterocycles. The minimum atomic E-state index is -1.07. The number of carboxylic acid groups (broad SMARTS) is 1. The van der Waals surface area contributed by atoms with Crippen LogP contribution in [0.3, 0.4) is 0 Å². The molecular weight excluding hydrogens is 256 g/mol. The maximum Gasteiger partial charge on any atom is 0.231 e. The van der Waals surface area contributed by atoms with Crippen LogP contribution in [0.5, 0.6) is 11.5 Å². The molecule has 1 atom stereocenters. The summed E-state index contributed by atoms with van der Waals surface area (Å²) in [6.45, 7) is 0.204. The summed E-state index contributed by atoms with van der Waals surface area (Å²) in [6.07, 6.45) is -0.0658. The van der Waals surface area contributed by atoms with Gasteiger partial charge in [0.25, 0.3) is 0 Å². The van der Waals surface area contributed by atoms with Gasteiger partial charge < -0.3 is 19.4 Å². The molecule has 4 heteroatoms. The van der Waals surface area contributed by atoms with Gasteiger partial charge in [-0.3, -0.25) is 0 Å². The number of rotatable bonds is 4. The molecule has 2 aromatic carbocycles. The zero-order valence-electron chi connectivity index (χ0n) is 10.7. The number of ether oxygens (including phenoxy) is 2. The van der Waals surface area contributed by atoms with E-state index in [9.17, 15) is 9.90 Å². The Balaban J connectivity index is 1.99. The minimum Gasteiger partial charge on any atom is -0.550 e. The highest BCUT2D eigenvalue weighted by Crippen LogP contribution is 2.37. The van der Waals surface area contributed by atoms with Crippen molar-refractivity contribution in [2.24, 2.45) is 0 Å². The van der Waals surface area contributed by atoms with Crippen LogP contribution in [-0.2, 0) is 4.79 Å². The first-order chi connectivity index (χ1) is 9.74. The maximum atomic E-state index is 11.0. The van der Waals surface area contributed by atoms with E-state index in [1.807, 2.05) is 48.5 Å². The predicted molar refractivity (Wildman–Crippen MR) is 70.5 cm³/mol. The number of carbonyl (C=O) groups is 1. The first-order valence-electron chi connectivity index (χ1n) is 6.38. The van der Waals surface area contributed by atoms with Crippen LogP contribution in [0.1, 0.15) is 23.5 Å². The van der Waals surface area contributed by atoms with Crippen LogP contribution in [-0.4, -0.2) is 12.8 Å². The second-order valence-electron chi connectivity index (χ2n) is 4.65. The average molecular weight is 269 g/mol. The molecule has 0 fully saturated rings. The smallest absolute Gasteiger partial charge is 0.231 e. The summed E-state index contributed by atoms with van der Waals surface area (Å²) in [5.41, 5.74) is 1.82. The van der Waals surface area contributed by atoms with Gasteiger partial charge in [0.05, 0.1) is 0 Å². The molecule has 0 spiro atoms. The normalized spacial score (nSPS) is 14.0. The summed E-state index contributed by atoms with van der Waals surface area (Å²) in [5, 5.41) is 11.0. The number of hydrogen-bond acceptors (Lipinski definition) is 4. The van der Waals surface area contributed by atoms with Crippen LogP contribution in [0.4, 0.5) is 0 Å². The van der Waals surface area contributed by atoms with E-state index in [1.165, 1.54) is 0 Å².